The van der Waals surface area contributed by atoms with Crippen LogP contribution in [0.25, 0.3) is 0 Å². The van der Waals surface area contributed by atoms with E-state index in [1.807, 2.05) is 6.07 Å². The number of hydrogen-bond donors (Lipinski definition) is 1. The Hall–Kier alpha value is -0.910. The number of benzene rings is 1. The predicted octanol–water partition coefficient (Wildman–Crippen LogP) is 4.61. The third kappa shape index (κ3) is 4.04. The van der Waals surface area contributed by atoms with Gasteiger partial charge in [-0.15, -0.1) is 0 Å². The van der Waals surface area contributed by atoms with Crippen LogP contribution in [0, 0.1) is 3.57 Å². The lowest BCUT2D eigenvalue weighted by Gasteiger charge is -2.22. The average molecular weight is 387 g/mol. The average Bonchev–Trinajstić information content (AvgIpc) is 2.42. The molecule has 0 heterocycles. The van der Waals surface area contributed by atoms with Gasteiger partial charge in [-0.25, -0.2) is 0 Å². The van der Waals surface area contributed by atoms with Gasteiger partial charge < -0.3 is 14.8 Å². The van der Waals surface area contributed by atoms with Gasteiger partial charge in [0.05, 0.1) is 10.7 Å². The summed E-state index contributed by atoms with van der Waals surface area (Å²) in [7, 11) is 1.69. The van der Waals surface area contributed by atoms with Gasteiger partial charge in [0.25, 0.3) is 0 Å². The number of rotatable bonds is 5. The standard InChI is InChI=1S/C16H22INO2/c1-11(2)18-12-9-14(17)16(15(10-12)19-3)20-13-7-5-4-6-8-13/h5,7,9-11,13,18H,4,6,8H2,1-3H3. The largest absolute Gasteiger partial charge is 0.493 e. The van der Waals surface area contributed by atoms with Crippen molar-refractivity contribution in [1.82, 2.24) is 0 Å². The number of methoxy groups -OCH3 is 1. The molecule has 110 valence electrons. The second kappa shape index (κ2) is 7.20. The quantitative estimate of drug-likeness (QED) is 0.592. The number of hydrogen-bond acceptors (Lipinski definition) is 3. The molecule has 1 unspecified atom stereocenters. The Morgan fingerprint density at radius 3 is 2.75 bits per heavy atom. The Bertz CT molecular complexity index is 486. The monoisotopic (exact) mass is 387 g/mol. The summed E-state index contributed by atoms with van der Waals surface area (Å²) in [4.78, 5) is 0. The molecular formula is C16H22INO2. The summed E-state index contributed by atoms with van der Waals surface area (Å²) in [6, 6.07) is 4.50. The van der Waals surface area contributed by atoms with Gasteiger partial charge in [-0.05, 0) is 67.8 Å². The van der Waals surface area contributed by atoms with E-state index < -0.39 is 0 Å². The van der Waals surface area contributed by atoms with Gasteiger partial charge in [0.2, 0.25) is 0 Å². The summed E-state index contributed by atoms with van der Waals surface area (Å²) in [5, 5.41) is 3.40. The SMILES string of the molecule is COc1cc(NC(C)C)cc(I)c1OC1C=CCCC1. The van der Waals surface area contributed by atoms with E-state index in [9.17, 15) is 0 Å². The van der Waals surface area contributed by atoms with Gasteiger partial charge in [-0.2, -0.15) is 0 Å². The molecule has 0 aromatic heterocycles. The molecule has 1 aliphatic carbocycles. The van der Waals surface area contributed by atoms with Crippen molar-refractivity contribution in [1.29, 1.82) is 0 Å². The summed E-state index contributed by atoms with van der Waals surface area (Å²) >= 11 is 2.31. The molecule has 0 spiro atoms. The van der Waals surface area contributed by atoms with Gasteiger partial charge in [-0.3, -0.25) is 0 Å². The molecule has 0 saturated carbocycles. The molecule has 20 heavy (non-hydrogen) atoms. The van der Waals surface area contributed by atoms with E-state index in [1.165, 1.54) is 6.42 Å². The van der Waals surface area contributed by atoms with Crippen molar-refractivity contribution in [3.8, 4) is 11.5 Å². The van der Waals surface area contributed by atoms with Crippen LogP contribution in [0.15, 0.2) is 24.3 Å². The number of halogens is 1. The van der Waals surface area contributed by atoms with Crippen molar-refractivity contribution in [2.45, 2.75) is 45.3 Å². The second-order valence-electron chi connectivity index (χ2n) is 5.30. The Balaban J connectivity index is 2.22. The molecule has 1 aromatic rings. The maximum absolute atomic E-state index is 6.12. The van der Waals surface area contributed by atoms with Crippen LogP contribution in [0.5, 0.6) is 11.5 Å². The fourth-order valence-electron chi connectivity index (χ4n) is 2.28. The van der Waals surface area contributed by atoms with E-state index in [4.69, 9.17) is 9.47 Å². The molecule has 0 amide bonds. The molecule has 0 bridgehead atoms. The van der Waals surface area contributed by atoms with Crippen molar-refractivity contribution in [3.05, 3.63) is 27.9 Å². The lowest BCUT2D eigenvalue weighted by Crippen LogP contribution is -2.17. The maximum Gasteiger partial charge on any atom is 0.175 e. The predicted molar refractivity (Wildman–Crippen MR) is 91.9 cm³/mol. The fourth-order valence-corrected chi connectivity index (χ4v) is 3.01. The third-order valence-corrected chi connectivity index (χ3v) is 3.97. The van der Waals surface area contributed by atoms with Crippen LogP contribution in [0.4, 0.5) is 5.69 Å². The molecule has 1 atom stereocenters. The highest BCUT2D eigenvalue weighted by atomic mass is 127. The van der Waals surface area contributed by atoms with Gasteiger partial charge in [0.15, 0.2) is 11.5 Å². The fraction of sp³-hybridized carbons (Fsp3) is 0.500. The van der Waals surface area contributed by atoms with Crippen LogP contribution in [0.3, 0.4) is 0 Å². The van der Waals surface area contributed by atoms with Gasteiger partial charge >= 0.3 is 0 Å². The van der Waals surface area contributed by atoms with E-state index in [1.54, 1.807) is 7.11 Å². The minimum atomic E-state index is 0.162. The minimum absolute atomic E-state index is 0.162. The van der Waals surface area contributed by atoms with Crippen LogP contribution < -0.4 is 14.8 Å². The Morgan fingerprint density at radius 1 is 1.35 bits per heavy atom. The molecular weight excluding hydrogens is 365 g/mol. The molecule has 4 heteroatoms. The van der Waals surface area contributed by atoms with Crippen LogP contribution in [-0.2, 0) is 0 Å². The first-order valence-corrected chi connectivity index (χ1v) is 8.15. The van der Waals surface area contributed by atoms with Crippen LogP contribution >= 0.6 is 22.6 Å². The summed E-state index contributed by atoms with van der Waals surface area (Å²) in [5.41, 5.74) is 1.06. The molecule has 2 rings (SSSR count). The highest BCUT2D eigenvalue weighted by Gasteiger charge is 2.17. The van der Waals surface area contributed by atoms with Gasteiger partial charge in [0.1, 0.15) is 6.10 Å². The number of anilines is 1. The van der Waals surface area contributed by atoms with Gasteiger partial charge in [0, 0.05) is 17.8 Å². The third-order valence-electron chi connectivity index (χ3n) is 3.16. The highest BCUT2D eigenvalue weighted by molar-refractivity contribution is 14.1. The van der Waals surface area contributed by atoms with E-state index in [0.29, 0.717) is 6.04 Å². The zero-order valence-electron chi connectivity index (χ0n) is 12.3. The second-order valence-corrected chi connectivity index (χ2v) is 6.47. The molecule has 1 N–H and O–H groups in total. The van der Waals surface area contributed by atoms with Crippen LogP contribution in [0.1, 0.15) is 33.1 Å². The summed E-state index contributed by atoms with van der Waals surface area (Å²) in [5.74, 6) is 1.64. The minimum Gasteiger partial charge on any atom is -0.493 e. The van der Waals surface area contributed by atoms with Gasteiger partial charge in [-0.1, -0.05) is 6.08 Å². The maximum atomic E-state index is 6.12. The van der Waals surface area contributed by atoms with E-state index in [2.05, 4.69) is 60.0 Å². The lowest BCUT2D eigenvalue weighted by atomic mass is 10.1. The van der Waals surface area contributed by atoms with Crippen molar-refractivity contribution in [2.75, 3.05) is 12.4 Å². The van der Waals surface area contributed by atoms with Crippen molar-refractivity contribution in [2.24, 2.45) is 0 Å². The topological polar surface area (TPSA) is 30.5 Å². The summed E-state index contributed by atoms with van der Waals surface area (Å²) < 4.78 is 12.7. The van der Waals surface area contributed by atoms with E-state index >= 15 is 0 Å². The normalized spacial score (nSPS) is 18.1. The van der Waals surface area contributed by atoms with Crippen LogP contribution in [0.2, 0.25) is 0 Å². The number of allylic oxidation sites excluding steroid dienone is 1. The lowest BCUT2D eigenvalue weighted by molar-refractivity contribution is 0.218. The zero-order chi connectivity index (χ0) is 14.5. The first-order valence-electron chi connectivity index (χ1n) is 7.07. The van der Waals surface area contributed by atoms with Crippen molar-refractivity contribution in [3.63, 3.8) is 0 Å². The van der Waals surface area contributed by atoms with Crippen molar-refractivity contribution < 1.29 is 9.47 Å². The van der Waals surface area contributed by atoms with Crippen LogP contribution in [-0.4, -0.2) is 19.3 Å². The Labute approximate surface area is 134 Å². The molecule has 3 nitrogen and oxygen atoms in total. The molecule has 1 aromatic carbocycles. The van der Waals surface area contributed by atoms with E-state index in [-0.39, 0.29) is 6.10 Å². The number of ether oxygens (including phenoxy) is 2. The Morgan fingerprint density at radius 2 is 2.15 bits per heavy atom. The molecule has 0 aliphatic heterocycles. The zero-order valence-corrected chi connectivity index (χ0v) is 14.4. The van der Waals surface area contributed by atoms with E-state index in [0.717, 1.165) is 33.6 Å². The molecule has 0 fully saturated rings. The van der Waals surface area contributed by atoms with Crippen molar-refractivity contribution >= 4 is 28.3 Å². The smallest absolute Gasteiger partial charge is 0.175 e. The summed E-state index contributed by atoms with van der Waals surface area (Å²) in [6.45, 7) is 4.24. The number of nitrogens with one attached hydrogen (secondary N) is 1. The molecule has 1 aliphatic rings. The Kier molecular flexibility index (Phi) is 5.57. The molecule has 0 radical (unpaired) electrons. The summed E-state index contributed by atoms with van der Waals surface area (Å²) in [6.07, 6.45) is 7.93. The first-order chi connectivity index (χ1) is 9.60. The molecule has 0 saturated heterocycles. The highest BCUT2D eigenvalue weighted by Crippen LogP contribution is 2.37. The first kappa shape index (κ1) is 15.5.